The molecule has 7 nitrogen and oxygen atoms in total. The second-order valence-electron chi connectivity index (χ2n) is 9.66. The van der Waals surface area contributed by atoms with Crippen LogP contribution < -0.4 is 10.1 Å². The Bertz CT molecular complexity index is 697. The molecule has 1 aromatic carbocycles. The molecule has 1 N–H and O–H groups in total. The van der Waals surface area contributed by atoms with E-state index >= 15 is 0 Å². The predicted molar refractivity (Wildman–Crippen MR) is 118 cm³/mol. The molecule has 0 unspecified atom stereocenters. The van der Waals surface area contributed by atoms with Crippen molar-refractivity contribution in [2.45, 2.75) is 59.0 Å². The van der Waals surface area contributed by atoms with E-state index in [4.69, 9.17) is 9.47 Å². The average Bonchev–Trinajstić information content (AvgIpc) is 2.66. The van der Waals surface area contributed by atoms with E-state index in [1.807, 2.05) is 32.9 Å². The molecule has 1 fully saturated rings. The molecule has 3 amide bonds. The number of nitrogens with one attached hydrogen (secondary N) is 1. The zero-order valence-electron chi connectivity index (χ0n) is 19.3. The summed E-state index contributed by atoms with van der Waals surface area (Å²) in [7, 11) is 0. The number of nitrogens with zero attached hydrogens (tertiary/aromatic N) is 2. The molecule has 1 aliphatic heterocycles. The third-order valence-corrected chi connectivity index (χ3v) is 4.80. The molecular formula is C23H37N3O4. The second kappa shape index (κ2) is 10.0. The minimum atomic E-state index is -0.512. The second-order valence-corrected chi connectivity index (χ2v) is 9.66. The van der Waals surface area contributed by atoms with Crippen LogP contribution in [-0.2, 0) is 10.2 Å². The Morgan fingerprint density at radius 3 is 2.03 bits per heavy atom. The van der Waals surface area contributed by atoms with E-state index in [-0.39, 0.29) is 17.5 Å². The van der Waals surface area contributed by atoms with Gasteiger partial charge >= 0.3 is 12.1 Å². The van der Waals surface area contributed by atoms with Crippen LogP contribution in [0.4, 0.5) is 9.59 Å². The van der Waals surface area contributed by atoms with Gasteiger partial charge in [-0.1, -0.05) is 32.9 Å². The number of carbonyl (C=O) groups is 2. The molecule has 168 valence electrons. The van der Waals surface area contributed by atoms with Gasteiger partial charge < -0.3 is 24.6 Å². The summed E-state index contributed by atoms with van der Waals surface area (Å²) in [5.74, 6) is 0.840. The third-order valence-electron chi connectivity index (χ3n) is 4.80. The Labute approximate surface area is 180 Å². The van der Waals surface area contributed by atoms with Crippen molar-refractivity contribution >= 4 is 12.1 Å². The molecule has 0 atom stereocenters. The lowest BCUT2D eigenvalue weighted by atomic mass is 9.87. The molecule has 1 heterocycles. The van der Waals surface area contributed by atoms with E-state index in [2.05, 4.69) is 38.2 Å². The van der Waals surface area contributed by atoms with Gasteiger partial charge in [0.15, 0.2) is 0 Å². The molecule has 0 aromatic heterocycles. The molecule has 0 aliphatic carbocycles. The van der Waals surface area contributed by atoms with Crippen LogP contribution in [0.25, 0.3) is 0 Å². The molecule has 0 radical (unpaired) electrons. The zero-order chi connectivity index (χ0) is 22.4. The number of rotatable bonds is 5. The average molecular weight is 420 g/mol. The number of amides is 3. The Morgan fingerprint density at radius 2 is 1.50 bits per heavy atom. The zero-order valence-corrected chi connectivity index (χ0v) is 19.3. The molecule has 30 heavy (non-hydrogen) atoms. The van der Waals surface area contributed by atoms with Crippen LogP contribution in [0.2, 0.25) is 0 Å². The van der Waals surface area contributed by atoms with E-state index in [0.717, 1.165) is 12.2 Å². The van der Waals surface area contributed by atoms with Gasteiger partial charge in [-0.15, -0.1) is 0 Å². The summed E-state index contributed by atoms with van der Waals surface area (Å²) in [5.41, 5.74) is 0.887. The Hall–Kier alpha value is -2.44. The van der Waals surface area contributed by atoms with Gasteiger partial charge in [-0.3, -0.25) is 0 Å². The first kappa shape index (κ1) is 23.8. The van der Waals surface area contributed by atoms with E-state index in [1.165, 1.54) is 5.56 Å². The van der Waals surface area contributed by atoms with Crippen molar-refractivity contribution in [2.75, 3.05) is 39.3 Å². The van der Waals surface area contributed by atoms with Crippen LogP contribution in [0.5, 0.6) is 5.75 Å². The van der Waals surface area contributed by atoms with Crippen molar-refractivity contribution < 1.29 is 19.1 Å². The molecule has 1 aliphatic rings. The van der Waals surface area contributed by atoms with Crippen molar-refractivity contribution in [3.05, 3.63) is 29.8 Å². The molecule has 2 rings (SSSR count). The van der Waals surface area contributed by atoms with E-state index in [1.54, 1.807) is 9.80 Å². The van der Waals surface area contributed by atoms with Crippen molar-refractivity contribution in [3.63, 3.8) is 0 Å². The normalized spacial score (nSPS) is 15.0. The summed E-state index contributed by atoms with van der Waals surface area (Å²) in [6, 6.07) is 8.06. The largest absolute Gasteiger partial charge is 0.494 e. The van der Waals surface area contributed by atoms with Crippen molar-refractivity contribution in [3.8, 4) is 5.75 Å². The number of hydrogen-bond donors (Lipinski definition) is 1. The van der Waals surface area contributed by atoms with Gasteiger partial charge in [0.05, 0.1) is 6.61 Å². The van der Waals surface area contributed by atoms with Crippen LogP contribution in [0.1, 0.15) is 53.5 Å². The quantitative estimate of drug-likeness (QED) is 0.732. The van der Waals surface area contributed by atoms with Crippen LogP contribution in [-0.4, -0.2) is 66.9 Å². The summed E-state index contributed by atoms with van der Waals surface area (Å²) in [6.45, 7) is 15.1. The highest BCUT2D eigenvalue weighted by molar-refractivity contribution is 5.75. The van der Waals surface area contributed by atoms with Crippen molar-refractivity contribution in [2.24, 2.45) is 0 Å². The van der Waals surface area contributed by atoms with E-state index in [0.29, 0.717) is 39.3 Å². The molecular weight excluding hydrogens is 382 g/mol. The molecule has 0 bridgehead atoms. The van der Waals surface area contributed by atoms with Gasteiger partial charge in [-0.25, -0.2) is 9.59 Å². The van der Waals surface area contributed by atoms with Crippen molar-refractivity contribution in [1.82, 2.24) is 15.1 Å². The molecule has 1 saturated heterocycles. The molecule has 0 saturated carbocycles. The standard InChI is InChI=1S/C23H37N3O4/c1-22(2,3)18-8-10-19(11-9-18)29-17-7-12-24-20(27)25-13-15-26(16-14-25)21(28)30-23(4,5)6/h8-11H,7,12-17H2,1-6H3,(H,24,27). The lowest BCUT2D eigenvalue weighted by Gasteiger charge is -2.35. The number of carbonyl (C=O) groups excluding carboxylic acids is 2. The van der Waals surface area contributed by atoms with Crippen LogP contribution in [0.15, 0.2) is 24.3 Å². The monoisotopic (exact) mass is 419 g/mol. The van der Waals surface area contributed by atoms with Gasteiger partial charge in [0.2, 0.25) is 0 Å². The first-order valence-corrected chi connectivity index (χ1v) is 10.7. The first-order chi connectivity index (χ1) is 14.0. The lowest BCUT2D eigenvalue weighted by Crippen LogP contribution is -2.54. The lowest BCUT2D eigenvalue weighted by molar-refractivity contribution is 0.0170. The highest BCUT2D eigenvalue weighted by Crippen LogP contribution is 2.24. The maximum atomic E-state index is 12.3. The number of piperazine rings is 1. The fraction of sp³-hybridized carbons (Fsp3) is 0.652. The first-order valence-electron chi connectivity index (χ1n) is 10.7. The third kappa shape index (κ3) is 7.76. The van der Waals surface area contributed by atoms with Gasteiger partial charge in [-0.05, 0) is 50.3 Å². The van der Waals surface area contributed by atoms with Gasteiger partial charge in [0.1, 0.15) is 11.4 Å². The summed E-state index contributed by atoms with van der Waals surface area (Å²) in [5, 5.41) is 2.92. The number of benzene rings is 1. The highest BCUT2D eigenvalue weighted by atomic mass is 16.6. The fourth-order valence-electron chi connectivity index (χ4n) is 3.04. The topological polar surface area (TPSA) is 71.1 Å². The SMILES string of the molecule is CC(C)(C)OC(=O)N1CCN(C(=O)NCCCOc2ccc(C(C)(C)C)cc2)CC1. The predicted octanol–water partition coefficient (Wildman–Crippen LogP) is 4.02. The summed E-state index contributed by atoms with van der Waals surface area (Å²) < 4.78 is 11.1. The van der Waals surface area contributed by atoms with Gasteiger partial charge in [0, 0.05) is 32.7 Å². The summed E-state index contributed by atoms with van der Waals surface area (Å²) >= 11 is 0. The minimum absolute atomic E-state index is 0.103. The minimum Gasteiger partial charge on any atom is -0.494 e. The summed E-state index contributed by atoms with van der Waals surface area (Å²) in [4.78, 5) is 27.8. The smallest absolute Gasteiger partial charge is 0.410 e. The van der Waals surface area contributed by atoms with Crippen LogP contribution in [0, 0.1) is 0 Å². The Balaban J connectivity index is 1.62. The fourth-order valence-corrected chi connectivity index (χ4v) is 3.04. The maximum Gasteiger partial charge on any atom is 0.410 e. The highest BCUT2D eigenvalue weighted by Gasteiger charge is 2.27. The van der Waals surface area contributed by atoms with Crippen LogP contribution in [0.3, 0.4) is 0 Å². The maximum absolute atomic E-state index is 12.3. The number of hydrogen-bond acceptors (Lipinski definition) is 4. The van der Waals surface area contributed by atoms with Crippen molar-refractivity contribution in [1.29, 1.82) is 0 Å². The number of ether oxygens (including phenoxy) is 2. The molecule has 1 aromatic rings. The van der Waals surface area contributed by atoms with Crippen LogP contribution >= 0.6 is 0 Å². The van der Waals surface area contributed by atoms with E-state index in [9.17, 15) is 9.59 Å². The summed E-state index contributed by atoms with van der Waals surface area (Å²) in [6.07, 6.45) is 0.403. The Kier molecular flexibility index (Phi) is 7.98. The molecule has 0 spiro atoms. The van der Waals surface area contributed by atoms with E-state index < -0.39 is 5.60 Å². The van der Waals surface area contributed by atoms with Gasteiger partial charge in [-0.2, -0.15) is 0 Å². The number of urea groups is 1. The van der Waals surface area contributed by atoms with Gasteiger partial charge in [0.25, 0.3) is 0 Å². The Morgan fingerprint density at radius 1 is 0.933 bits per heavy atom. The molecule has 7 heteroatoms.